The predicted octanol–water partition coefficient (Wildman–Crippen LogP) is -0.726. The van der Waals surface area contributed by atoms with Crippen LogP contribution in [0.4, 0.5) is 0 Å². The molecule has 3 heterocycles. The van der Waals surface area contributed by atoms with E-state index in [4.69, 9.17) is 10.8 Å². The number of aromatic nitrogens is 2. The van der Waals surface area contributed by atoms with Gasteiger partial charge >= 0.3 is 0 Å². The average molecular weight is 372 g/mol. The molecule has 0 saturated carbocycles. The normalized spacial score (nSPS) is 16.8. The Morgan fingerprint density at radius 3 is 2.79 bits per heavy atom. The number of carbonyl (C=O) groups is 1. The van der Waals surface area contributed by atoms with E-state index >= 15 is 0 Å². The van der Waals surface area contributed by atoms with Crippen LogP contribution in [0.1, 0.15) is 27.8 Å². The molecule has 1 aliphatic rings. The number of aliphatic hydroxyl groups excluding tert-OH is 2. The molecule has 1 unspecified atom stereocenters. The van der Waals surface area contributed by atoms with E-state index in [9.17, 15) is 18.3 Å². The summed E-state index contributed by atoms with van der Waals surface area (Å²) in [5.74, 6) is -0.674. The van der Waals surface area contributed by atoms with Crippen molar-refractivity contribution in [1.29, 1.82) is 0 Å². The molecule has 2 aromatic rings. The maximum absolute atomic E-state index is 12.7. The van der Waals surface area contributed by atoms with Gasteiger partial charge in [-0.15, -0.1) is 11.3 Å². The van der Waals surface area contributed by atoms with Crippen molar-refractivity contribution in [3.8, 4) is 0 Å². The number of hydrogen-bond donors (Lipinski definition) is 3. The van der Waals surface area contributed by atoms with Crippen molar-refractivity contribution in [2.75, 3.05) is 13.2 Å². The van der Waals surface area contributed by atoms with Gasteiger partial charge in [0, 0.05) is 11.9 Å². The number of primary amides is 1. The highest BCUT2D eigenvalue weighted by molar-refractivity contribution is 7.91. The second-order valence-corrected chi connectivity index (χ2v) is 8.42. The minimum atomic E-state index is -3.74. The van der Waals surface area contributed by atoms with Crippen molar-refractivity contribution in [1.82, 2.24) is 14.1 Å². The van der Waals surface area contributed by atoms with Gasteiger partial charge in [0.1, 0.15) is 10.3 Å². The third-order valence-electron chi connectivity index (χ3n) is 3.75. The Bertz CT molecular complexity index is 873. The molecule has 4 N–H and O–H groups in total. The fourth-order valence-corrected chi connectivity index (χ4v) is 5.16. The van der Waals surface area contributed by atoms with E-state index in [2.05, 4.69) is 5.10 Å². The summed E-state index contributed by atoms with van der Waals surface area (Å²) in [6.07, 6.45) is -1.09. The fourth-order valence-electron chi connectivity index (χ4n) is 2.43. The highest BCUT2D eigenvalue weighted by atomic mass is 32.2. The van der Waals surface area contributed by atoms with E-state index < -0.39 is 28.6 Å². The van der Waals surface area contributed by atoms with E-state index in [1.807, 2.05) is 0 Å². The molecule has 0 radical (unpaired) electrons. The van der Waals surface area contributed by atoms with Crippen LogP contribution < -0.4 is 5.73 Å². The summed E-state index contributed by atoms with van der Waals surface area (Å²) >= 11 is 0.948. The first-order valence-electron chi connectivity index (χ1n) is 7.07. The van der Waals surface area contributed by atoms with Gasteiger partial charge in [-0.1, -0.05) is 0 Å². The van der Waals surface area contributed by atoms with Gasteiger partial charge in [0.05, 0.1) is 36.6 Å². The number of carbonyl (C=O) groups excluding carboxylic acids is 1. The largest absolute Gasteiger partial charge is 0.393 e. The standard InChI is InChI=1S/C13H16N4O5S2/c14-13(20)8-3-12(23-7-8)24(21,22)16-1-2-17-9(5-16)4-10(15-17)11(19)6-18/h3-4,7,11,18-19H,1-2,5-6H2,(H2,14,20). The second-order valence-electron chi connectivity index (χ2n) is 5.34. The van der Waals surface area contributed by atoms with Crippen molar-refractivity contribution in [3.05, 3.63) is 34.5 Å². The van der Waals surface area contributed by atoms with Crippen LogP contribution in [0.25, 0.3) is 0 Å². The molecule has 1 aliphatic heterocycles. The average Bonchev–Trinajstić information content (AvgIpc) is 3.20. The highest BCUT2D eigenvalue weighted by Crippen LogP contribution is 2.27. The minimum absolute atomic E-state index is 0.0554. The van der Waals surface area contributed by atoms with Gasteiger partial charge in [-0.2, -0.15) is 9.40 Å². The lowest BCUT2D eigenvalue weighted by Crippen LogP contribution is -2.38. The molecule has 2 aromatic heterocycles. The smallest absolute Gasteiger partial charge is 0.252 e. The van der Waals surface area contributed by atoms with E-state index in [0.717, 1.165) is 11.3 Å². The first-order valence-corrected chi connectivity index (χ1v) is 9.39. The number of thiophene rings is 1. The molecule has 0 fully saturated rings. The first kappa shape index (κ1) is 17.0. The Hall–Kier alpha value is -1.79. The number of rotatable bonds is 5. The van der Waals surface area contributed by atoms with E-state index in [1.54, 1.807) is 10.7 Å². The van der Waals surface area contributed by atoms with Crippen LogP contribution in [-0.4, -0.2) is 51.8 Å². The van der Waals surface area contributed by atoms with E-state index in [0.29, 0.717) is 17.9 Å². The number of hydrogen-bond acceptors (Lipinski definition) is 7. The summed E-state index contributed by atoms with van der Waals surface area (Å²) < 4.78 is 28.3. The molecule has 1 atom stereocenters. The van der Waals surface area contributed by atoms with Gasteiger partial charge in [0.25, 0.3) is 10.0 Å². The van der Waals surface area contributed by atoms with Gasteiger partial charge < -0.3 is 15.9 Å². The maximum atomic E-state index is 12.7. The molecule has 1 amide bonds. The van der Waals surface area contributed by atoms with Crippen LogP contribution in [0.3, 0.4) is 0 Å². The van der Waals surface area contributed by atoms with Crippen molar-refractivity contribution < 1.29 is 23.4 Å². The second kappa shape index (κ2) is 6.26. The lowest BCUT2D eigenvalue weighted by Gasteiger charge is -2.26. The molecule has 24 heavy (non-hydrogen) atoms. The molecule has 0 spiro atoms. The fraction of sp³-hybridized carbons (Fsp3) is 0.385. The lowest BCUT2D eigenvalue weighted by molar-refractivity contribution is 0.0916. The molecule has 11 heteroatoms. The molecule has 0 aromatic carbocycles. The molecule has 0 bridgehead atoms. The third kappa shape index (κ3) is 2.96. The summed E-state index contributed by atoms with van der Waals surface area (Å²) in [6.45, 7) is 0.192. The van der Waals surface area contributed by atoms with Crippen LogP contribution in [0.5, 0.6) is 0 Å². The zero-order valence-electron chi connectivity index (χ0n) is 12.5. The Morgan fingerprint density at radius 1 is 1.42 bits per heavy atom. The number of amides is 1. The zero-order chi connectivity index (χ0) is 17.5. The van der Waals surface area contributed by atoms with Gasteiger partial charge in [0.2, 0.25) is 5.91 Å². The van der Waals surface area contributed by atoms with Crippen molar-refractivity contribution in [3.63, 3.8) is 0 Å². The maximum Gasteiger partial charge on any atom is 0.252 e. The van der Waals surface area contributed by atoms with Crippen LogP contribution in [0.2, 0.25) is 0 Å². The molecular formula is C13H16N4O5S2. The van der Waals surface area contributed by atoms with Gasteiger partial charge in [-0.3, -0.25) is 9.48 Å². The van der Waals surface area contributed by atoms with Crippen LogP contribution in [-0.2, 0) is 23.1 Å². The number of sulfonamides is 1. The topological polar surface area (TPSA) is 139 Å². The van der Waals surface area contributed by atoms with Crippen LogP contribution in [0.15, 0.2) is 21.7 Å². The monoisotopic (exact) mass is 372 g/mol. The van der Waals surface area contributed by atoms with Crippen molar-refractivity contribution >= 4 is 27.3 Å². The molecule has 9 nitrogen and oxygen atoms in total. The Kier molecular flexibility index (Phi) is 4.44. The van der Waals surface area contributed by atoms with Gasteiger partial charge in [0.15, 0.2) is 0 Å². The number of nitrogens with two attached hydrogens (primary N) is 1. The predicted molar refractivity (Wildman–Crippen MR) is 84.7 cm³/mol. The molecule has 3 rings (SSSR count). The highest BCUT2D eigenvalue weighted by Gasteiger charge is 2.31. The minimum Gasteiger partial charge on any atom is -0.393 e. The van der Waals surface area contributed by atoms with Gasteiger partial charge in [-0.25, -0.2) is 8.42 Å². The molecule has 130 valence electrons. The third-order valence-corrected chi connectivity index (χ3v) is 7.01. The first-order chi connectivity index (χ1) is 11.3. The van der Waals surface area contributed by atoms with Crippen molar-refractivity contribution in [2.24, 2.45) is 5.73 Å². The lowest BCUT2D eigenvalue weighted by atomic mass is 10.2. The molecular weight excluding hydrogens is 356 g/mol. The van der Waals surface area contributed by atoms with Crippen LogP contribution >= 0.6 is 11.3 Å². The number of aliphatic hydroxyl groups is 2. The summed E-state index contributed by atoms with van der Waals surface area (Å²) in [6, 6.07) is 2.85. The quantitative estimate of drug-likeness (QED) is 0.633. The summed E-state index contributed by atoms with van der Waals surface area (Å²) in [7, 11) is -3.74. The Morgan fingerprint density at radius 2 is 2.17 bits per heavy atom. The Balaban J connectivity index is 1.85. The SMILES string of the molecule is NC(=O)c1csc(S(=O)(=O)N2CCn3nc(C(O)CO)cc3C2)c1. The zero-order valence-corrected chi connectivity index (χ0v) is 14.1. The van der Waals surface area contributed by atoms with Crippen molar-refractivity contribution in [2.45, 2.75) is 23.4 Å². The number of fused-ring (bicyclic) bond motifs is 1. The summed E-state index contributed by atoms with van der Waals surface area (Å²) in [5, 5.41) is 24.2. The summed E-state index contributed by atoms with van der Waals surface area (Å²) in [5.41, 5.74) is 6.25. The Labute approximate surface area is 142 Å². The van der Waals surface area contributed by atoms with E-state index in [-0.39, 0.29) is 22.9 Å². The summed E-state index contributed by atoms with van der Waals surface area (Å²) in [4.78, 5) is 11.1. The molecule has 0 saturated heterocycles. The van der Waals surface area contributed by atoms with E-state index in [1.165, 1.54) is 15.8 Å². The van der Waals surface area contributed by atoms with Gasteiger partial charge in [-0.05, 0) is 12.1 Å². The number of nitrogens with zero attached hydrogens (tertiary/aromatic N) is 3. The molecule has 0 aliphatic carbocycles. The van der Waals surface area contributed by atoms with Crippen LogP contribution in [0, 0.1) is 0 Å².